The van der Waals surface area contributed by atoms with E-state index in [2.05, 4.69) is 0 Å². The molecule has 0 bridgehead atoms. The molecule has 88 valence electrons. The van der Waals surface area contributed by atoms with Gasteiger partial charge < -0.3 is 15.6 Å². The number of phenolic OH excluding ortho intramolecular Hbond substituents is 1. The second-order valence-corrected chi connectivity index (χ2v) is 3.84. The molecule has 3 nitrogen and oxygen atoms in total. The molecule has 3 N–H and O–H groups in total. The molecule has 0 radical (unpaired) electrons. The zero-order valence-corrected chi connectivity index (χ0v) is 9.47. The minimum absolute atomic E-state index is 0.214. The Kier molecular flexibility index (Phi) is 3.50. The van der Waals surface area contributed by atoms with Crippen molar-refractivity contribution in [2.24, 2.45) is 0 Å². The lowest BCUT2D eigenvalue weighted by Crippen LogP contribution is -2.01. The highest BCUT2D eigenvalue weighted by Crippen LogP contribution is 2.18. The third-order valence-corrected chi connectivity index (χ3v) is 2.43. The molecular weight excluding hydrogens is 214 g/mol. The first-order chi connectivity index (χ1) is 8.24. The van der Waals surface area contributed by atoms with Crippen LogP contribution in [0.2, 0.25) is 0 Å². The van der Waals surface area contributed by atoms with E-state index in [9.17, 15) is 5.11 Å². The van der Waals surface area contributed by atoms with Gasteiger partial charge in [0.15, 0.2) is 0 Å². The third-order valence-electron chi connectivity index (χ3n) is 2.43. The van der Waals surface area contributed by atoms with E-state index in [0.717, 1.165) is 17.7 Å². The average Bonchev–Trinajstić information content (AvgIpc) is 2.29. The highest BCUT2D eigenvalue weighted by atomic mass is 16.5. The van der Waals surface area contributed by atoms with Crippen molar-refractivity contribution in [3.05, 3.63) is 54.1 Å². The standard InChI is InChI=1S/C14H15NO2/c15-12-4-1-3-11(9-12)7-8-17-14-6-2-5-13(16)10-14/h1-6,9-10,16H,7-8,15H2. The summed E-state index contributed by atoms with van der Waals surface area (Å²) in [5, 5.41) is 9.27. The van der Waals surface area contributed by atoms with Crippen molar-refractivity contribution in [2.75, 3.05) is 12.3 Å². The fourth-order valence-corrected chi connectivity index (χ4v) is 1.61. The Morgan fingerprint density at radius 2 is 1.88 bits per heavy atom. The summed E-state index contributed by atoms with van der Waals surface area (Å²) in [6, 6.07) is 14.5. The van der Waals surface area contributed by atoms with Crippen molar-refractivity contribution in [1.29, 1.82) is 0 Å². The summed E-state index contributed by atoms with van der Waals surface area (Å²) >= 11 is 0. The first-order valence-electron chi connectivity index (χ1n) is 5.50. The Balaban J connectivity index is 1.87. The number of phenols is 1. The number of aromatic hydroxyl groups is 1. The van der Waals surface area contributed by atoms with Crippen LogP contribution in [-0.2, 0) is 6.42 Å². The third kappa shape index (κ3) is 3.41. The van der Waals surface area contributed by atoms with Crippen molar-refractivity contribution in [2.45, 2.75) is 6.42 Å². The number of hydrogen-bond acceptors (Lipinski definition) is 3. The number of hydrogen-bond donors (Lipinski definition) is 2. The van der Waals surface area contributed by atoms with Crippen molar-refractivity contribution in [3.8, 4) is 11.5 Å². The van der Waals surface area contributed by atoms with Gasteiger partial charge in [-0.15, -0.1) is 0 Å². The van der Waals surface area contributed by atoms with E-state index in [1.807, 2.05) is 30.3 Å². The quantitative estimate of drug-likeness (QED) is 0.792. The maximum atomic E-state index is 9.27. The molecule has 0 aliphatic carbocycles. The van der Waals surface area contributed by atoms with Crippen molar-refractivity contribution < 1.29 is 9.84 Å². The van der Waals surface area contributed by atoms with E-state index in [1.165, 1.54) is 0 Å². The summed E-state index contributed by atoms with van der Waals surface area (Å²) in [6.45, 7) is 0.562. The second kappa shape index (κ2) is 5.25. The van der Waals surface area contributed by atoms with Gasteiger partial charge >= 0.3 is 0 Å². The molecule has 0 aromatic heterocycles. The fourth-order valence-electron chi connectivity index (χ4n) is 1.61. The first kappa shape index (κ1) is 11.3. The molecule has 2 aromatic rings. The van der Waals surface area contributed by atoms with Gasteiger partial charge in [0.2, 0.25) is 0 Å². The maximum absolute atomic E-state index is 9.27. The van der Waals surface area contributed by atoms with E-state index in [-0.39, 0.29) is 5.75 Å². The summed E-state index contributed by atoms with van der Waals surface area (Å²) < 4.78 is 5.53. The fraction of sp³-hybridized carbons (Fsp3) is 0.143. The zero-order chi connectivity index (χ0) is 12.1. The number of nitrogen functional groups attached to an aromatic ring is 1. The summed E-state index contributed by atoms with van der Waals surface area (Å²) in [5.74, 6) is 0.889. The van der Waals surface area contributed by atoms with Crippen LogP contribution in [0.1, 0.15) is 5.56 Å². The van der Waals surface area contributed by atoms with E-state index in [1.54, 1.807) is 18.2 Å². The molecular formula is C14H15NO2. The van der Waals surface area contributed by atoms with Gasteiger partial charge in [-0.2, -0.15) is 0 Å². The van der Waals surface area contributed by atoms with E-state index >= 15 is 0 Å². The van der Waals surface area contributed by atoms with Crippen LogP contribution in [0.25, 0.3) is 0 Å². The van der Waals surface area contributed by atoms with Gasteiger partial charge in [-0.25, -0.2) is 0 Å². The van der Waals surface area contributed by atoms with E-state index in [4.69, 9.17) is 10.5 Å². The summed E-state index contributed by atoms with van der Waals surface area (Å²) in [5.41, 5.74) is 7.59. The van der Waals surface area contributed by atoms with Gasteiger partial charge in [0, 0.05) is 18.2 Å². The van der Waals surface area contributed by atoms with Crippen LogP contribution in [0, 0.1) is 0 Å². The minimum Gasteiger partial charge on any atom is -0.508 e. The normalized spacial score (nSPS) is 10.1. The molecule has 2 rings (SSSR count). The Labute approximate surface area is 100 Å². The Hall–Kier alpha value is -2.16. The largest absolute Gasteiger partial charge is 0.508 e. The maximum Gasteiger partial charge on any atom is 0.122 e. The highest BCUT2D eigenvalue weighted by Gasteiger charge is 1.97. The lowest BCUT2D eigenvalue weighted by atomic mass is 10.1. The number of nitrogens with two attached hydrogens (primary N) is 1. The van der Waals surface area contributed by atoms with Crippen molar-refractivity contribution >= 4 is 5.69 Å². The lowest BCUT2D eigenvalue weighted by molar-refractivity contribution is 0.320. The molecule has 0 heterocycles. The van der Waals surface area contributed by atoms with E-state index < -0.39 is 0 Å². The topological polar surface area (TPSA) is 55.5 Å². The number of ether oxygens (including phenoxy) is 1. The second-order valence-electron chi connectivity index (χ2n) is 3.84. The van der Waals surface area contributed by atoms with Crippen LogP contribution < -0.4 is 10.5 Å². The molecule has 0 fully saturated rings. The van der Waals surface area contributed by atoms with Crippen LogP contribution in [0.5, 0.6) is 11.5 Å². The minimum atomic E-state index is 0.214. The van der Waals surface area contributed by atoms with Gasteiger partial charge in [-0.1, -0.05) is 18.2 Å². The van der Waals surface area contributed by atoms with Crippen LogP contribution >= 0.6 is 0 Å². The summed E-state index contributed by atoms with van der Waals surface area (Å²) in [4.78, 5) is 0. The average molecular weight is 229 g/mol. The van der Waals surface area contributed by atoms with Crippen LogP contribution in [0.15, 0.2) is 48.5 Å². The molecule has 17 heavy (non-hydrogen) atoms. The number of benzene rings is 2. The zero-order valence-electron chi connectivity index (χ0n) is 9.47. The molecule has 0 spiro atoms. The summed E-state index contributed by atoms with van der Waals surface area (Å²) in [6.07, 6.45) is 0.792. The lowest BCUT2D eigenvalue weighted by Gasteiger charge is -2.06. The molecule has 0 amide bonds. The summed E-state index contributed by atoms with van der Waals surface area (Å²) in [7, 11) is 0. The predicted octanol–water partition coefficient (Wildman–Crippen LogP) is 2.60. The Morgan fingerprint density at radius 3 is 2.65 bits per heavy atom. The van der Waals surface area contributed by atoms with Gasteiger partial charge in [0.1, 0.15) is 11.5 Å². The molecule has 0 atom stereocenters. The molecule has 2 aromatic carbocycles. The number of anilines is 1. The SMILES string of the molecule is Nc1cccc(CCOc2cccc(O)c2)c1. The molecule has 0 saturated heterocycles. The highest BCUT2D eigenvalue weighted by molar-refractivity contribution is 5.40. The monoisotopic (exact) mass is 229 g/mol. The number of rotatable bonds is 4. The Bertz CT molecular complexity index is 452. The van der Waals surface area contributed by atoms with Crippen molar-refractivity contribution in [3.63, 3.8) is 0 Å². The predicted molar refractivity (Wildman–Crippen MR) is 68.2 cm³/mol. The smallest absolute Gasteiger partial charge is 0.122 e. The van der Waals surface area contributed by atoms with Crippen LogP contribution in [-0.4, -0.2) is 11.7 Å². The van der Waals surface area contributed by atoms with Crippen LogP contribution in [0.3, 0.4) is 0 Å². The molecule has 0 aliphatic rings. The molecule has 0 saturated carbocycles. The van der Waals surface area contributed by atoms with Crippen molar-refractivity contribution in [1.82, 2.24) is 0 Å². The Morgan fingerprint density at radius 1 is 1.06 bits per heavy atom. The van der Waals surface area contributed by atoms with Gasteiger partial charge in [-0.05, 0) is 29.8 Å². The van der Waals surface area contributed by atoms with Crippen LogP contribution in [0.4, 0.5) is 5.69 Å². The first-order valence-corrected chi connectivity index (χ1v) is 5.50. The molecule has 0 unspecified atom stereocenters. The van der Waals surface area contributed by atoms with Gasteiger partial charge in [0.05, 0.1) is 6.61 Å². The molecule has 0 aliphatic heterocycles. The van der Waals surface area contributed by atoms with Gasteiger partial charge in [-0.3, -0.25) is 0 Å². The van der Waals surface area contributed by atoms with Gasteiger partial charge in [0.25, 0.3) is 0 Å². The molecule has 3 heteroatoms. The van der Waals surface area contributed by atoms with E-state index in [0.29, 0.717) is 12.4 Å².